The predicted molar refractivity (Wildman–Crippen MR) is 250 cm³/mol. The second-order valence-electron chi connectivity index (χ2n) is 16.5. The third kappa shape index (κ3) is 5.29. The van der Waals surface area contributed by atoms with Crippen LogP contribution < -0.4 is 4.90 Å². The lowest BCUT2D eigenvalue weighted by Crippen LogP contribution is -2.17. The van der Waals surface area contributed by atoms with E-state index in [1.165, 1.54) is 38.9 Å². The molecule has 0 saturated carbocycles. The highest BCUT2D eigenvalue weighted by Crippen LogP contribution is 2.52. The second kappa shape index (κ2) is 13.2. The van der Waals surface area contributed by atoms with E-state index in [2.05, 4.69) is 213 Å². The third-order valence-electron chi connectivity index (χ3n) is 12.7. The molecular formula is C57H39NO2. The Kier molecular flexibility index (Phi) is 7.58. The Morgan fingerprint density at radius 1 is 0.350 bits per heavy atom. The van der Waals surface area contributed by atoms with Gasteiger partial charge in [0.2, 0.25) is 0 Å². The summed E-state index contributed by atoms with van der Waals surface area (Å²) in [6.45, 7) is 4.69. The van der Waals surface area contributed by atoms with Gasteiger partial charge in [-0.25, -0.2) is 0 Å². The van der Waals surface area contributed by atoms with Crippen molar-refractivity contribution in [2.24, 2.45) is 0 Å². The predicted octanol–water partition coefficient (Wildman–Crippen LogP) is 16.3. The molecule has 3 nitrogen and oxygen atoms in total. The van der Waals surface area contributed by atoms with Crippen LogP contribution in [0, 0.1) is 0 Å². The van der Waals surface area contributed by atoms with Crippen LogP contribution in [0.3, 0.4) is 0 Å². The Balaban J connectivity index is 1.05. The number of hydrogen-bond acceptors (Lipinski definition) is 3. The summed E-state index contributed by atoms with van der Waals surface area (Å²) in [4.78, 5) is 2.40. The van der Waals surface area contributed by atoms with Gasteiger partial charge in [0.15, 0.2) is 5.58 Å². The monoisotopic (exact) mass is 769 g/mol. The van der Waals surface area contributed by atoms with Gasteiger partial charge in [-0.15, -0.1) is 0 Å². The summed E-state index contributed by atoms with van der Waals surface area (Å²) in [6, 6.07) is 71.8. The largest absolute Gasteiger partial charge is 0.456 e. The molecule has 1 aliphatic carbocycles. The van der Waals surface area contributed by atoms with E-state index in [0.717, 1.165) is 77.6 Å². The first kappa shape index (κ1) is 34.4. The number of anilines is 3. The molecule has 1 aliphatic rings. The standard InChI is InChI=1S/C57H39NO2/c1-57(2)49-21-11-9-19-43(49)44-31-29-41(33-50(44)57)58(51-22-12-10-18-42(51)39-26-24-38(25-27-39)36-14-5-3-6-15-36)52-23-13-20-46-48-35-54-47(34-55(48)60-56(46)52)45-30-28-40(32-53(45)59-54)37-16-7-4-8-17-37/h3-35H,1-2H3. The summed E-state index contributed by atoms with van der Waals surface area (Å²) in [5, 5.41) is 4.18. The Morgan fingerprint density at radius 3 is 1.70 bits per heavy atom. The Hall–Kier alpha value is -7.62. The molecule has 12 rings (SSSR count). The summed E-state index contributed by atoms with van der Waals surface area (Å²) >= 11 is 0. The number of nitrogens with zero attached hydrogens (tertiary/aromatic N) is 1. The van der Waals surface area contributed by atoms with Crippen LogP contribution in [0.5, 0.6) is 0 Å². The maximum atomic E-state index is 7.04. The maximum absolute atomic E-state index is 7.04. The van der Waals surface area contributed by atoms with Crippen molar-refractivity contribution in [3.8, 4) is 44.5 Å². The fourth-order valence-electron chi connectivity index (χ4n) is 9.66. The highest BCUT2D eigenvalue weighted by atomic mass is 16.3. The van der Waals surface area contributed by atoms with Crippen molar-refractivity contribution in [2.45, 2.75) is 19.3 Å². The lowest BCUT2D eigenvalue weighted by molar-refractivity contribution is 0.660. The van der Waals surface area contributed by atoms with Crippen molar-refractivity contribution in [1.29, 1.82) is 0 Å². The van der Waals surface area contributed by atoms with Gasteiger partial charge in [-0.05, 0) is 98.6 Å². The van der Waals surface area contributed by atoms with E-state index in [1.54, 1.807) is 0 Å². The molecule has 60 heavy (non-hydrogen) atoms. The Morgan fingerprint density at radius 2 is 0.917 bits per heavy atom. The van der Waals surface area contributed by atoms with Crippen LogP contribution in [0.4, 0.5) is 17.1 Å². The van der Waals surface area contributed by atoms with Gasteiger partial charge in [-0.3, -0.25) is 0 Å². The minimum Gasteiger partial charge on any atom is -0.456 e. The quantitative estimate of drug-likeness (QED) is 0.169. The molecule has 3 heteroatoms. The number of furan rings is 2. The molecule has 0 radical (unpaired) electrons. The van der Waals surface area contributed by atoms with Crippen molar-refractivity contribution in [2.75, 3.05) is 4.90 Å². The van der Waals surface area contributed by atoms with E-state index >= 15 is 0 Å². The van der Waals surface area contributed by atoms with Gasteiger partial charge in [-0.2, -0.15) is 0 Å². The first-order valence-electron chi connectivity index (χ1n) is 20.7. The Labute approximate surface area is 348 Å². The summed E-state index contributed by atoms with van der Waals surface area (Å²) in [5.74, 6) is 0. The van der Waals surface area contributed by atoms with Crippen molar-refractivity contribution in [1.82, 2.24) is 0 Å². The first-order chi connectivity index (χ1) is 29.5. The molecule has 2 aromatic heterocycles. The molecular weight excluding hydrogens is 731 g/mol. The van der Waals surface area contributed by atoms with Crippen LogP contribution in [-0.2, 0) is 5.41 Å². The van der Waals surface area contributed by atoms with Crippen molar-refractivity contribution < 1.29 is 8.83 Å². The normalized spacial score (nSPS) is 13.0. The number of hydrogen-bond donors (Lipinski definition) is 0. The fourth-order valence-corrected chi connectivity index (χ4v) is 9.66. The van der Waals surface area contributed by atoms with Crippen LogP contribution in [0.2, 0.25) is 0 Å². The lowest BCUT2D eigenvalue weighted by atomic mass is 9.82. The molecule has 0 saturated heterocycles. The third-order valence-corrected chi connectivity index (χ3v) is 12.7. The zero-order valence-electron chi connectivity index (χ0n) is 33.3. The highest BCUT2D eigenvalue weighted by molar-refractivity contribution is 6.17. The summed E-state index contributed by atoms with van der Waals surface area (Å²) in [6.07, 6.45) is 0. The van der Waals surface area contributed by atoms with E-state index in [0.29, 0.717) is 0 Å². The summed E-state index contributed by atoms with van der Waals surface area (Å²) in [7, 11) is 0. The van der Waals surface area contributed by atoms with Crippen LogP contribution >= 0.6 is 0 Å². The molecule has 9 aromatic carbocycles. The van der Waals surface area contributed by atoms with Crippen molar-refractivity contribution >= 4 is 60.9 Å². The van der Waals surface area contributed by atoms with Crippen LogP contribution in [-0.4, -0.2) is 0 Å². The molecule has 0 atom stereocenters. The highest BCUT2D eigenvalue weighted by Gasteiger charge is 2.36. The fraction of sp³-hybridized carbons (Fsp3) is 0.0526. The minimum absolute atomic E-state index is 0.162. The van der Waals surface area contributed by atoms with Crippen LogP contribution in [0.25, 0.3) is 88.4 Å². The Bertz CT molecular complexity index is 3450. The minimum atomic E-state index is -0.162. The molecule has 0 aliphatic heterocycles. The van der Waals surface area contributed by atoms with Crippen LogP contribution in [0.1, 0.15) is 25.0 Å². The molecule has 0 fully saturated rings. The number of fused-ring (bicyclic) bond motifs is 9. The van der Waals surface area contributed by atoms with E-state index < -0.39 is 0 Å². The summed E-state index contributed by atoms with van der Waals surface area (Å²) < 4.78 is 13.6. The molecule has 0 bridgehead atoms. The number of para-hydroxylation sites is 2. The smallest absolute Gasteiger partial charge is 0.159 e. The molecule has 0 spiro atoms. The molecule has 0 N–H and O–H groups in total. The molecule has 0 amide bonds. The SMILES string of the molecule is CC1(C)c2ccccc2-c2ccc(N(c3ccccc3-c3ccc(-c4ccccc4)cc3)c3cccc4c3oc3cc5c(cc34)oc3cc(-c4ccccc4)ccc35)cc21. The zero-order chi connectivity index (χ0) is 40.0. The average Bonchev–Trinajstić information content (AvgIpc) is 3.93. The maximum Gasteiger partial charge on any atom is 0.159 e. The van der Waals surface area contributed by atoms with Crippen LogP contribution in [0.15, 0.2) is 209 Å². The van der Waals surface area contributed by atoms with Crippen molar-refractivity contribution in [3.05, 3.63) is 211 Å². The van der Waals surface area contributed by atoms with E-state index in [-0.39, 0.29) is 5.41 Å². The van der Waals surface area contributed by atoms with Gasteiger partial charge in [0.25, 0.3) is 0 Å². The van der Waals surface area contributed by atoms with Gasteiger partial charge in [0.05, 0.1) is 11.4 Å². The van der Waals surface area contributed by atoms with E-state index in [9.17, 15) is 0 Å². The second-order valence-corrected chi connectivity index (χ2v) is 16.5. The van der Waals surface area contributed by atoms with Gasteiger partial charge in [-0.1, -0.05) is 166 Å². The van der Waals surface area contributed by atoms with E-state index in [1.807, 2.05) is 6.07 Å². The van der Waals surface area contributed by atoms with Gasteiger partial charge in [0, 0.05) is 38.2 Å². The van der Waals surface area contributed by atoms with Gasteiger partial charge >= 0.3 is 0 Å². The van der Waals surface area contributed by atoms with Gasteiger partial charge < -0.3 is 13.7 Å². The molecule has 284 valence electrons. The topological polar surface area (TPSA) is 29.5 Å². The van der Waals surface area contributed by atoms with Crippen molar-refractivity contribution in [3.63, 3.8) is 0 Å². The lowest BCUT2D eigenvalue weighted by Gasteiger charge is -2.29. The van der Waals surface area contributed by atoms with Gasteiger partial charge in [0.1, 0.15) is 16.7 Å². The zero-order valence-corrected chi connectivity index (χ0v) is 33.3. The number of rotatable bonds is 6. The first-order valence-corrected chi connectivity index (χ1v) is 20.7. The molecule has 2 heterocycles. The molecule has 0 unspecified atom stereocenters. The number of benzene rings is 9. The van der Waals surface area contributed by atoms with E-state index in [4.69, 9.17) is 8.83 Å². The average molecular weight is 770 g/mol. The summed E-state index contributed by atoms with van der Waals surface area (Å²) in [5.41, 5.74) is 18.6. The molecule has 11 aromatic rings.